The van der Waals surface area contributed by atoms with E-state index in [0.29, 0.717) is 11.1 Å². The van der Waals surface area contributed by atoms with Crippen molar-refractivity contribution in [1.82, 2.24) is 0 Å². The molecule has 6 atom stereocenters. The van der Waals surface area contributed by atoms with Crippen LogP contribution in [0.4, 0.5) is 0 Å². The van der Waals surface area contributed by atoms with Crippen LogP contribution in [0.2, 0.25) is 0 Å². The molecule has 0 aliphatic heterocycles. The van der Waals surface area contributed by atoms with Gasteiger partial charge in [-0.3, -0.25) is 33.6 Å². The second-order valence-corrected chi connectivity index (χ2v) is 12.4. The van der Waals surface area contributed by atoms with Crippen LogP contribution in [0.5, 0.6) is 0 Å². The summed E-state index contributed by atoms with van der Waals surface area (Å²) in [4.78, 5) is 87.1. The molecule has 0 saturated carbocycles. The Kier molecular flexibility index (Phi) is 13.7. The first-order valence-corrected chi connectivity index (χ1v) is 15.5. The lowest BCUT2D eigenvalue weighted by Gasteiger charge is -2.48. The number of ether oxygens (including phenoxy) is 7. The molecule has 2 bridgehead atoms. The summed E-state index contributed by atoms with van der Waals surface area (Å²) in [6.45, 7) is 14.6. The van der Waals surface area contributed by atoms with E-state index in [1.165, 1.54) is 33.8 Å². The highest BCUT2D eigenvalue weighted by Crippen LogP contribution is 2.52. The van der Waals surface area contributed by atoms with E-state index in [0.717, 1.165) is 27.7 Å². The zero-order chi connectivity index (χ0) is 36.7. The summed E-state index contributed by atoms with van der Waals surface area (Å²) in [5.74, 6) is -5.90. The van der Waals surface area contributed by atoms with Crippen molar-refractivity contribution in [2.24, 2.45) is 11.3 Å². The van der Waals surface area contributed by atoms with Crippen molar-refractivity contribution in [2.75, 3.05) is 6.61 Å². The highest BCUT2D eigenvalue weighted by molar-refractivity contribution is 5.71. The van der Waals surface area contributed by atoms with Crippen LogP contribution in [-0.2, 0) is 66.7 Å². The fourth-order valence-electron chi connectivity index (χ4n) is 6.33. The van der Waals surface area contributed by atoms with Crippen LogP contribution in [-0.4, -0.2) is 78.9 Å². The lowest BCUT2D eigenvalue weighted by molar-refractivity contribution is -0.156. The number of esters is 7. The van der Waals surface area contributed by atoms with Gasteiger partial charge < -0.3 is 33.2 Å². The van der Waals surface area contributed by atoms with Crippen molar-refractivity contribution >= 4 is 41.8 Å². The van der Waals surface area contributed by atoms with Crippen molar-refractivity contribution in [3.05, 3.63) is 34.1 Å². The monoisotopic (exact) mass is 678 g/mol. The van der Waals surface area contributed by atoms with Crippen LogP contribution in [0.15, 0.2) is 34.1 Å². The Morgan fingerprint density at radius 3 is 1.56 bits per heavy atom. The van der Waals surface area contributed by atoms with Crippen LogP contribution < -0.4 is 0 Å². The molecule has 0 spiro atoms. The van der Waals surface area contributed by atoms with E-state index in [2.05, 4.69) is 0 Å². The molecule has 2 aliphatic rings. The van der Waals surface area contributed by atoms with E-state index in [9.17, 15) is 33.6 Å². The molecule has 0 radical (unpaired) electrons. The Morgan fingerprint density at radius 2 is 1.10 bits per heavy atom. The molecule has 0 aromatic heterocycles. The van der Waals surface area contributed by atoms with Gasteiger partial charge in [-0.25, -0.2) is 0 Å². The molecule has 0 heterocycles. The number of carbonyl (C=O) groups excluding carboxylic acids is 7. The van der Waals surface area contributed by atoms with Gasteiger partial charge >= 0.3 is 41.8 Å². The van der Waals surface area contributed by atoms with E-state index < -0.39 is 90.2 Å². The highest BCUT2D eigenvalue weighted by Gasteiger charge is 2.51. The summed E-state index contributed by atoms with van der Waals surface area (Å²) in [6.07, 6.45) is -4.63. The normalized spacial score (nSPS) is 28.2. The van der Waals surface area contributed by atoms with Crippen LogP contribution in [0, 0.1) is 11.3 Å². The number of rotatable bonds is 8. The van der Waals surface area contributed by atoms with Gasteiger partial charge in [-0.05, 0) is 42.9 Å². The third kappa shape index (κ3) is 10.5. The van der Waals surface area contributed by atoms with Crippen LogP contribution >= 0.6 is 0 Å². The molecule has 48 heavy (non-hydrogen) atoms. The van der Waals surface area contributed by atoms with Crippen molar-refractivity contribution in [2.45, 2.75) is 120 Å². The van der Waals surface area contributed by atoms with Gasteiger partial charge in [-0.2, -0.15) is 0 Å². The van der Waals surface area contributed by atoms with Crippen molar-refractivity contribution in [3.8, 4) is 0 Å². The molecule has 14 heteroatoms. The average Bonchev–Trinajstić information content (AvgIpc) is 2.91. The molecule has 0 fully saturated rings. The van der Waals surface area contributed by atoms with Gasteiger partial charge in [0.1, 0.15) is 31.0 Å². The summed E-state index contributed by atoms with van der Waals surface area (Å²) in [6, 6.07) is 0. The summed E-state index contributed by atoms with van der Waals surface area (Å²) >= 11 is 0. The second-order valence-electron chi connectivity index (χ2n) is 12.4. The Bertz CT molecular complexity index is 1410. The van der Waals surface area contributed by atoms with Crippen molar-refractivity contribution < 1.29 is 66.7 Å². The Morgan fingerprint density at radius 1 is 0.625 bits per heavy atom. The van der Waals surface area contributed by atoms with Gasteiger partial charge in [0.2, 0.25) is 0 Å². The summed E-state index contributed by atoms with van der Waals surface area (Å²) in [5, 5.41) is 0. The molecule has 0 amide bonds. The summed E-state index contributed by atoms with van der Waals surface area (Å²) in [5.41, 5.74) is 0.106. The van der Waals surface area contributed by atoms with E-state index in [1.807, 2.05) is 0 Å². The highest BCUT2D eigenvalue weighted by atomic mass is 16.6. The predicted molar refractivity (Wildman–Crippen MR) is 166 cm³/mol. The molecular weight excluding hydrogens is 632 g/mol. The minimum atomic E-state index is -1.42. The van der Waals surface area contributed by atoms with Gasteiger partial charge in [-0.15, -0.1) is 0 Å². The van der Waals surface area contributed by atoms with E-state index >= 15 is 0 Å². The molecule has 2 rings (SSSR count). The third-order valence-electron chi connectivity index (χ3n) is 8.19. The van der Waals surface area contributed by atoms with Gasteiger partial charge in [0.15, 0.2) is 11.9 Å². The maximum absolute atomic E-state index is 12.7. The topological polar surface area (TPSA) is 184 Å². The smallest absolute Gasteiger partial charge is 0.307 e. The first kappa shape index (κ1) is 39.7. The third-order valence-corrected chi connectivity index (χ3v) is 8.19. The maximum Gasteiger partial charge on any atom is 0.307 e. The summed E-state index contributed by atoms with van der Waals surface area (Å²) < 4.78 is 39.9. The van der Waals surface area contributed by atoms with Crippen LogP contribution in [0.3, 0.4) is 0 Å². The van der Waals surface area contributed by atoms with Crippen molar-refractivity contribution in [3.63, 3.8) is 0 Å². The van der Waals surface area contributed by atoms with Gasteiger partial charge in [-0.1, -0.05) is 13.8 Å². The number of carbonyl (C=O) groups is 7. The number of hydrogen-bond acceptors (Lipinski definition) is 14. The average molecular weight is 679 g/mol. The van der Waals surface area contributed by atoms with E-state index in [1.54, 1.807) is 20.8 Å². The predicted octanol–water partition coefficient (Wildman–Crippen LogP) is 3.74. The molecular formula is C34H46O14. The minimum absolute atomic E-state index is 0.115. The zero-order valence-corrected chi connectivity index (χ0v) is 29.4. The minimum Gasteiger partial charge on any atom is -0.461 e. The molecule has 0 aromatic carbocycles. The quantitative estimate of drug-likeness (QED) is 0.205. The standard InChI is InChI=1S/C34H46O14/c1-16-27(43-19(4)36)13-26-30(46-22(7)39)12-25(15-42-18(3)35)29(45-21(6)38)14-28(44-20(5)37)17(2)32(47-23(8)40)33(48-24(9)41)31(16)34(26,10)11/h12,26-30,33H,13-15H2,1-11H3/b25-12+,32-17-/t26-,27-,28-,29-,30-,33+/m0/s1. The van der Waals surface area contributed by atoms with E-state index in [-0.39, 0.29) is 29.7 Å². The Balaban J connectivity index is 3.25. The van der Waals surface area contributed by atoms with Gasteiger partial charge in [0.05, 0.1) is 0 Å². The molecule has 0 N–H and O–H groups in total. The fourth-order valence-corrected chi connectivity index (χ4v) is 6.33. The lowest BCUT2D eigenvalue weighted by atomic mass is 9.60. The number of hydrogen-bond donors (Lipinski definition) is 0. The molecule has 14 nitrogen and oxygen atoms in total. The zero-order valence-electron chi connectivity index (χ0n) is 29.4. The summed E-state index contributed by atoms with van der Waals surface area (Å²) in [7, 11) is 0. The maximum atomic E-state index is 12.7. The fraction of sp³-hybridized carbons (Fsp3) is 0.618. The second kappa shape index (κ2) is 16.6. The van der Waals surface area contributed by atoms with Crippen LogP contribution in [0.1, 0.15) is 89.0 Å². The van der Waals surface area contributed by atoms with Gasteiger partial charge in [0.25, 0.3) is 0 Å². The lowest BCUT2D eigenvalue weighted by Crippen LogP contribution is -2.49. The number of fused-ring (bicyclic) bond motifs is 2. The molecule has 266 valence electrons. The largest absolute Gasteiger partial charge is 0.461 e. The molecule has 2 aliphatic carbocycles. The molecule has 0 aromatic rings. The SMILES string of the molecule is CC(=O)OC/C1=C\[C@H](OC(C)=O)[C@@H]2C[C@H](OC(C)=O)C(C)=C([C@@H](OC(C)=O)/C(OC(C)=O)=C(\C)[C@@H](OC(C)=O)C[C@@H]1OC(C)=O)C2(C)C. The molecule has 0 saturated heterocycles. The first-order valence-electron chi connectivity index (χ1n) is 15.5. The Hall–Kier alpha value is -4.49. The Labute approximate surface area is 280 Å². The van der Waals surface area contributed by atoms with Crippen molar-refractivity contribution in [1.29, 1.82) is 0 Å². The van der Waals surface area contributed by atoms with E-state index in [4.69, 9.17) is 33.2 Å². The first-order chi connectivity index (χ1) is 22.1. The van der Waals surface area contributed by atoms with Crippen LogP contribution in [0.25, 0.3) is 0 Å². The molecule has 0 unspecified atom stereocenters. The van der Waals surface area contributed by atoms with Gasteiger partial charge in [0, 0.05) is 72.0 Å².